The molecule has 0 aliphatic heterocycles. The third-order valence-corrected chi connectivity index (χ3v) is 3.57. The number of aromatic nitrogens is 4. The normalized spacial score (nSPS) is 13.6. The van der Waals surface area contributed by atoms with Crippen LogP contribution >= 0.6 is 8.69 Å². The van der Waals surface area contributed by atoms with E-state index in [1.165, 1.54) is 10.9 Å². The number of anilines is 1. The summed E-state index contributed by atoms with van der Waals surface area (Å²) in [6.07, 6.45) is 1.41. The maximum Gasteiger partial charge on any atom is 0.375 e. The summed E-state index contributed by atoms with van der Waals surface area (Å²) in [6.45, 7) is 5.50. The van der Waals surface area contributed by atoms with E-state index in [0.717, 1.165) is 0 Å². The first-order valence-corrected chi connectivity index (χ1v) is 7.89. The first-order chi connectivity index (χ1) is 10.8. The maximum atomic E-state index is 13.4. The molecule has 0 saturated carbocycles. The molecule has 2 aromatic heterocycles. The quantitative estimate of drug-likeness (QED) is 0.578. The van der Waals surface area contributed by atoms with Crippen molar-refractivity contribution in [3.05, 3.63) is 16.7 Å². The molecular weight excluding hydrogens is 328 g/mol. The number of nitrogens with one attached hydrogen (secondary N) is 1. The van der Waals surface area contributed by atoms with Gasteiger partial charge in [-0.1, -0.05) is 0 Å². The number of rotatable bonds is 7. The van der Waals surface area contributed by atoms with Crippen LogP contribution in [0, 0.1) is 0 Å². The van der Waals surface area contributed by atoms with Crippen LogP contribution in [0.5, 0.6) is 0 Å². The van der Waals surface area contributed by atoms with Gasteiger partial charge in [0.25, 0.3) is 5.56 Å². The molecule has 23 heavy (non-hydrogen) atoms. The van der Waals surface area contributed by atoms with Crippen LogP contribution in [0.15, 0.2) is 11.1 Å². The highest BCUT2D eigenvalue weighted by atomic mass is 31.2. The van der Waals surface area contributed by atoms with E-state index in [2.05, 4.69) is 15.0 Å². The molecular formula is C12H19FN5O4P. The van der Waals surface area contributed by atoms with Crippen molar-refractivity contribution in [2.24, 2.45) is 0 Å². The summed E-state index contributed by atoms with van der Waals surface area (Å²) in [5.41, 5.74) is 4.96. The lowest BCUT2D eigenvalue weighted by Gasteiger charge is -2.20. The Hall–Kier alpha value is -1.61. The highest BCUT2D eigenvalue weighted by Gasteiger charge is 2.20. The van der Waals surface area contributed by atoms with Crippen molar-refractivity contribution < 1.29 is 18.0 Å². The van der Waals surface area contributed by atoms with E-state index in [0.29, 0.717) is 5.65 Å². The van der Waals surface area contributed by atoms with Gasteiger partial charge in [-0.3, -0.25) is 14.3 Å². The van der Waals surface area contributed by atoms with E-state index in [-0.39, 0.29) is 31.4 Å². The summed E-state index contributed by atoms with van der Waals surface area (Å²) in [5, 5.41) is 0. The second kappa shape index (κ2) is 7.31. The highest BCUT2D eigenvalue weighted by Crippen LogP contribution is 2.43. The fraction of sp³-hybridized carbons (Fsp3) is 0.583. The zero-order valence-electron chi connectivity index (χ0n) is 13.1. The minimum absolute atomic E-state index is 0.00464. The van der Waals surface area contributed by atoms with Gasteiger partial charge in [-0.15, -0.1) is 0 Å². The lowest BCUT2D eigenvalue weighted by Crippen LogP contribution is -2.16. The van der Waals surface area contributed by atoms with E-state index in [1.807, 2.05) is 0 Å². The molecule has 0 aliphatic carbocycles. The van der Waals surface area contributed by atoms with Crippen LogP contribution < -0.4 is 11.3 Å². The number of aromatic amines is 1. The molecule has 1 unspecified atom stereocenters. The van der Waals surface area contributed by atoms with Crippen LogP contribution in [0.25, 0.3) is 11.2 Å². The summed E-state index contributed by atoms with van der Waals surface area (Å²) >= 11 is 0. The molecule has 0 fully saturated rings. The molecule has 11 heteroatoms. The maximum absolute atomic E-state index is 13.4. The summed E-state index contributed by atoms with van der Waals surface area (Å²) < 4.78 is 30.2. The second-order valence-corrected chi connectivity index (χ2v) is 6.49. The van der Waals surface area contributed by atoms with Crippen molar-refractivity contribution in [2.75, 3.05) is 18.9 Å². The van der Waals surface area contributed by atoms with Gasteiger partial charge in [0.2, 0.25) is 5.95 Å². The van der Waals surface area contributed by atoms with Gasteiger partial charge in [-0.05, 0) is 20.8 Å². The Morgan fingerprint density at radius 3 is 2.87 bits per heavy atom. The smallest absolute Gasteiger partial charge is 0.369 e. The van der Waals surface area contributed by atoms with Crippen LogP contribution in [0.2, 0.25) is 0 Å². The molecule has 2 rings (SSSR count). The van der Waals surface area contributed by atoms with Gasteiger partial charge >= 0.3 is 8.69 Å². The Balaban J connectivity index is 1.80. The number of nitrogen functional groups attached to an aromatic ring is 1. The Bertz CT molecular complexity index is 714. The minimum atomic E-state index is -2.44. The number of nitrogens with two attached hydrogens (primary N) is 1. The Morgan fingerprint density at radius 2 is 2.17 bits per heavy atom. The van der Waals surface area contributed by atoms with Gasteiger partial charge in [0.1, 0.15) is 6.73 Å². The molecule has 2 heterocycles. The molecule has 128 valence electrons. The third-order valence-electron chi connectivity index (χ3n) is 2.49. The van der Waals surface area contributed by atoms with E-state index in [9.17, 15) is 8.99 Å². The van der Waals surface area contributed by atoms with Crippen molar-refractivity contribution in [1.82, 2.24) is 19.5 Å². The molecule has 0 bridgehead atoms. The average molecular weight is 347 g/mol. The molecule has 9 nitrogen and oxygen atoms in total. The van der Waals surface area contributed by atoms with Crippen molar-refractivity contribution in [3.8, 4) is 0 Å². The van der Waals surface area contributed by atoms with E-state index in [1.54, 1.807) is 20.8 Å². The number of halogens is 1. The molecule has 0 radical (unpaired) electrons. The van der Waals surface area contributed by atoms with Gasteiger partial charge in [0.05, 0.1) is 25.1 Å². The van der Waals surface area contributed by atoms with Crippen LogP contribution in [-0.2, 0) is 20.5 Å². The largest absolute Gasteiger partial charge is 0.375 e. The molecule has 3 N–H and O–H groups in total. The summed E-state index contributed by atoms with van der Waals surface area (Å²) in [5.74, 6) is -0.00464. The molecule has 2 aromatic rings. The van der Waals surface area contributed by atoms with E-state index < -0.39 is 19.8 Å². The predicted molar refractivity (Wildman–Crippen MR) is 83.3 cm³/mol. The van der Waals surface area contributed by atoms with Crippen LogP contribution in [-0.4, -0.2) is 38.3 Å². The first-order valence-electron chi connectivity index (χ1n) is 6.82. The SMILES string of the molecule is CC(C)(C)OP(F)OCCOCn1cnc2c(=O)[nH]c(N)nc21. The van der Waals surface area contributed by atoms with Crippen LogP contribution in [0.1, 0.15) is 20.8 Å². The van der Waals surface area contributed by atoms with Crippen molar-refractivity contribution in [2.45, 2.75) is 33.1 Å². The topological polar surface area (TPSA) is 117 Å². The van der Waals surface area contributed by atoms with Crippen molar-refractivity contribution in [3.63, 3.8) is 0 Å². The van der Waals surface area contributed by atoms with Gasteiger partial charge in [-0.25, -0.2) is 4.98 Å². The molecule has 1 atom stereocenters. The number of fused-ring (bicyclic) bond motifs is 1. The number of hydrogen-bond acceptors (Lipinski definition) is 7. The molecule has 0 spiro atoms. The number of imidazole rings is 1. The van der Waals surface area contributed by atoms with Gasteiger partial charge in [0.15, 0.2) is 11.2 Å². The number of ether oxygens (including phenoxy) is 1. The standard InChI is InChI=1S/C12H19FN5O4P/c1-12(2,3)22-23(13)21-5-4-20-7-18-6-15-8-9(18)16-11(14)17-10(8)19/h6H,4-5,7H2,1-3H3,(H3,14,16,17,19). The first kappa shape index (κ1) is 17.7. The molecule has 0 amide bonds. The molecule has 0 aliphatic rings. The lowest BCUT2D eigenvalue weighted by molar-refractivity contribution is 0.0436. The Labute approximate surface area is 133 Å². The van der Waals surface area contributed by atoms with E-state index >= 15 is 0 Å². The fourth-order valence-electron chi connectivity index (χ4n) is 1.64. The average Bonchev–Trinajstić information content (AvgIpc) is 2.79. The zero-order chi connectivity index (χ0) is 17.0. The lowest BCUT2D eigenvalue weighted by atomic mass is 10.2. The summed E-state index contributed by atoms with van der Waals surface area (Å²) in [6, 6.07) is 0. The molecule has 0 aromatic carbocycles. The van der Waals surface area contributed by atoms with Gasteiger partial charge < -0.3 is 19.5 Å². The van der Waals surface area contributed by atoms with Crippen molar-refractivity contribution >= 4 is 25.8 Å². The Morgan fingerprint density at radius 1 is 1.43 bits per heavy atom. The molecule has 0 saturated heterocycles. The number of H-pyrrole nitrogens is 1. The zero-order valence-corrected chi connectivity index (χ0v) is 14.0. The second-order valence-electron chi connectivity index (χ2n) is 5.62. The predicted octanol–water partition coefficient (Wildman–Crippen LogP) is 1.70. The minimum Gasteiger partial charge on any atom is -0.369 e. The Kier molecular flexibility index (Phi) is 5.64. The van der Waals surface area contributed by atoms with Gasteiger partial charge in [-0.2, -0.15) is 9.18 Å². The van der Waals surface area contributed by atoms with Crippen molar-refractivity contribution in [1.29, 1.82) is 0 Å². The van der Waals surface area contributed by atoms with E-state index in [4.69, 9.17) is 19.5 Å². The number of nitrogens with zero attached hydrogens (tertiary/aromatic N) is 3. The summed E-state index contributed by atoms with van der Waals surface area (Å²) in [4.78, 5) is 21.9. The van der Waals surface area contributed by atoms with Crippen LogP contribution in [0.3, 0.4) is 0 Å². The van der Waals surface area contributed by atoms with Gasteiger partial charge in [0, 0.05) is 0 Å². The highest BCUT2D eigenvalue weighted by molar-refractivity contribution is 7.41. The monoisotopic (exact) mass is 347 g/mol. The third kappa shape index (κ3) is 5.21. The van der Waals surface area contributed by atoms with Crippen LogP contribution in [0.4, 0.5) is 10.1 Å². The summed E-state index contributed by atoms with van der Waals surface area (Å²) in [7, 11) is -2.44. The fourth-order valence-corrected chi connectivity index (χ4v) is 2.34. The number of hydrogen-bond donors (Lipinski definition) is 2.